The molecule has 0 nitrogen and oxygen atoms in total. The van der Waals surface area contributed by atoms with Crippen LogP contribution >= 0.6 is 10.0 Å². The Labute approximate surface area is 367 Å². The molecule has 61 heavy (non-hydrogen) atoms. The normalized spacial score (nSPS) is 12.0. The molecule has 8 aromatic carbocycles. The average Bonchev–Trinajstić information content (AvgIpc) is 3.34. The fourth-order valence-electron chi connectivity index (χ4n) is 9.67. The van der Waals surface area contributed by atoms with Gasteiger partial charge in [0.1, 0.15) is 0 Å². The van der Waals surface area contributed by atoms with Crippen molar-refractivity contribution in [2.75, 3.05) is 23.0 Å². The Hall–Kier alpha value is -5.89. The third-order valence-corrected chi connectivity index (χ3v) is 17.4. The van der Waals surface area contributed by atoms with Crippen LogP contribution in [-0.2, 0) is 0 Å². The van der Waals surface area contributed by atoms with E-state index in [1.54, 1.807) is 0 Å². The maximum atomic E-state index is 2.36. The molecular weight excluding hydrogens is 753 g/mol. The van der Waals surface area contributed by atoms with Gasteiger partial charge in [0, 0.05) is 23.7 Å². The van der Waals surface area contributed by atoms with Crippen LogP contribution in [0.25, 0.3) is 0 Å². The molecule has 0 radical (unpaired) electrons. The van der Waals surface area contributed by atoms with E-state index in [2.05, 4.69) is 243 Å². The molecule has 0 aliphatic carbocycles. The Bertz CT molecular complexity index is 1890. The van der Waals surface area contributed by atoms with E-state index < -0.39 is 10.0 Å². The second-order valence-electron chi connectivity index (χ2n) is 16.7. The summed E-state index contributed by atoms with van der Waals surface area (Å²) in [5.41, 5.74) is 11.4. The van der Waals surface area contributed by atoms with Crippen LogP contribution < -0.4 is 0 Å². The van der Waals surface area contributed by atoms with E-state index in [4.69, 9.17) is 0 Å². The van der Waals surface area contributed by atoms with Gasteiger partial charge in [0.25, 0.3) is 0 Å². The first kappa shape index (κ1) is 41.8. The first-order chi connectivity index (χ1) is 30.2. The highest BCUT2D eigenvalue weighted by molar-refractivity contribution is 8.33. The summed E-state index contributed by atoms with van der Waals surface area (Å²) in [5, 5.41) is 0. The quantitative estimate of drug-likeness (QED) is 0.0719. The monoisotopic (exact) mass is 812 g/mol. The number of hydrogen-bond acceptors (Lipinski definition) is 0. The zero-order valence-corrected chi connectivity index (χ0v) is 36.3. The van der Waals surface area contributed by atoms with Crippen LogP contribution in [0.3, 0.4) is 0 Å². The summed E-state index contributed by atoms with van der Waals surface area (Å²) < 4.78 is 0. The van der Waals surface area contributed by atoms with Crippen LogP contribution in [-0.4, -0.2) is 23.0 Å². The van der Waals surface area contributed by atoms with Crippen molar-refractivity contribution in [3.8, 4) is 0 Å². The molecule has 0 N–H and O–H groups in total. The van der Waals surface area contributed by atoms with Crippen LogP contribution in [0.4, 0.5) is 0 Å². The molecule has 0 aliphatic rings. The Kier molecular flexibility index (Phi) is 14.8. The third kappa shape index (κ3) is 11.3. The van der Waals surface area contributed by atoms with Gasteiger partial charge in [-0.25, -0.2) is 10.0 Å². The van der Waals surface area contributed by atoms with Gasteiger partial charge in [0.2, 0.25) is 0 Å². The molecule has 8 rings (SSSR count). The fraction of sp³-hybridized carbons (Fsp3) is 0.200. The van der Waals surface area contributed by atoms with Crippen molar-refractivity contribution in [3.05, 3.63) is 287 Å². The fourth-order valence-corrected chi connectivity index (χ4v) is 13.8. The molecule has 0 unspecified atom stereocenters. The number of rotatable bonds is 20. The van der Waals surface area contributed by atoms with Crippen LogP contribution in [0.5, 0.6) is 0 Å². The minimum Gasteiger partial charge on any atom is -0.241 e. The van der Waals surface area contributed by atoms with Gasteiger partial charge < -0.3 is 0 Å². The van der Waals surface area contributed by atoms with Gasteiger partial charge >= 0.3 is 0 Å². The molecule has 0 atom stereocenters. The largest absolute Gasteiger partial charge is 0.241 e. The van der Waals surface area contributed by atoms with Gasteiger partial charge in [-0.2, -0.15) is 0 Å². The third-order valence-electron chi connectivity index (χ3n) is 13.0. The first-order valence-corrected chi connectivity index (χ1v) is 24.7. The number of hydrogen-bond donors (Lipinski definition) is 0. The summed E-state index contributed by atoms with van der Waals surface area (Å²) in [6, 6.07) is 90.7. The second kappa shape index (κ2) is 21.6. The highest BCUT2D eigenvalue weighted by Gasteiger charge is 2.31. The molecule has 0 saturated carbocycles. The van der Waals surface area contributed by atoms with E-state index in [0.717, 1.165) is 25.7 Å². The van der Waals surface area contributed by atoms with Crippen molar-refractivity contribution >= 4 is 10.0 Å². The molecule has 0 aliphatic heterocycles. The van der Waals surface area contributed by atoms with Crippen LogP contribution in [0.15, 0.2) is 243 Å². The van der Waals surface area contributed by atoms with E-state index in [0.29, 0.717) is 23.7 Å². The summed E-state index contributed by atoms with van der Waals surface area (Å²) >= 11 is 0. The molecule has 0 amide bonds. The standard InChI is InChI=1S/C60H60S/c1-9-25-49(26-10-1)57(50-27-11-2-12-28-50)41-45-61(46-42-58(51-29-13-3-14-30-51)52-31-15-4-16-32-52,47-43-59(53-33-17-5-18-34-53)54-35-19-6-20-36-54)48-44-60(55-37-21-7-22-38-55)56-39-23-8-24-40-56/h1-40,57-60H,41-48H2. The molecule has 0 spiro atoms. The molecular formula is C60H60S. The summed E-state index contributed by atoms with van der Waals surface area (Å²) in [4.78, 5) is 0. The molecule has 306 valence electrons. The lowest BCUT2D eigenvalue weighted by atomic mass is 9.89. The summed E-state index contributed by atoms with van der Waals surface area (Å²) in [6.45, 7) is 0. The predicted molar refractivity (Wildman–Crippen MR) is 264 cm³/mol. The Morgan fingerprint density at radius 3 is 0.459 bits per heavy atom. The minimum absolute atomic E-state index is 0.339. The molecule has 0 fully saturated rings. The molecule has 0 saturated heterocycles. The topological polar surface area (TPSA) is 0 Å². The van der Waals surface area contributed by atoms with Crippen molar-refractivity contribution in [3.63, 3.8) is 0 Å². The van der Waals surface area contributed by atoms with Crippen molar-refractivity contribution in [2.24, 2.45) is 0 Å². The smallest absolute Gasteiger partial charge is 0.00966 e. The lowest BCUT2D eigenvalue weighted by Crippen LogP contribution is -2.24. The Morgan fingerprint density at radius 1 is 0.197 bits per heavy atom. The van der Waals surface area contributed by atoms with E-state index in [-0.39, 0.29) is 0 Å². The summed E-state index contributed by atoms with van der Waals surface area (Å²) in [5.74, 6) is 6.26. The van der Waals surface area contributed by atoms with Crippen molar-refractivity contribution in [1.29, 1.82) is 0 Å². The number of benzene rings is 8. The van der Waals surface area contributed by atoms with E-state index >= 15 is 0 Å². The van der Waals surface area contributed by atoms with Crippen LogP contribution in [0, 0.1) is 0 Å². The second-order valence-corrected chi connectivity index (χ2v) is 20.8. The van der Waals surface area contributed by atoms with Crippen LogP contribution in [0.2, 0.25) is 0 Å². The molecule has 0 bridgehead atoms. The van der Waals surface area contributed by atoms with E-state index in [1.807, 2.05) is 0 Å². The Morgan fingerprint density at radius 2 is 0.328 bits per heavy atom. The average molecular weight is 813 g/mol. The molecule has 8 aromatic rings. The highest BCUT2D eigenvalue weighted by atomic mass is 32.3. The van der Waals surface area contributed by atoms with Crippen molar-refractivity contribution in [1.82, 2.24) is 0 Å². The van der Waals surface area contributed by atoms with Crippen LogP contribution in [0.1, 0.15) is 93.9 Å². The molecule has 0 aromatic heterocycles. The SMILES string of the molecule is c1ccc(C(CCS(CCC(c2ccccc2)c2ccccc2)(CCC(c2ccccc2)c2ccccc2)CCC(c2ccccc2)c2ccccc2)c2ccccc2)cc1. The zero-order chi connectivity index (χ0) is 41.4. The molecule has 0 heterocycles. The maximum absolute atomic E-state index is 2.36. The van der Waals surface area contributed by atoms with Crippen molar-refractivity contribution < 1.29 is 0 Å². The zero-order valence-electron chi connectivity index (χ0n) is 35.5. The van der Waals surface area contributed by atoms with Gasteiger partial charge in [-0.15, -0.1) is 0 Å². The van der Waals surface area contributed by atoms with Gasteiger partial charge in [-0.05, 0) is 93.2 Å². The lowest BCUT2D eigenvalue weighted by molar-refractivity contribution is 0.737. The summed E-state index contributed by atoms with van der Waals surface area (Å²) in [6.07, 6.45) is 4.53. The maximum Gasteiger partial charge on any atom is 0.00966 e. The van der Waals surface area contributed by atoms with E-state index in [9.17, 15) is 0 Å². The highest BCUT2D eigenvalue weighted by Crippen LogP contribution is 2.56. The lowest BCUT2D eigenvalue weighted by Gasteiger charge is -2.44. The predicted octanol–water partition coefficient (Wildman–Crippen LogP) is 15.7. The Balaban J connectivity index is 1.23. The summed E-state index contributed by atoms with van der Waals surface area (Å²) in [7, 11) is -1.24. The van der Waals surface area contributed by atoms with Gasteiger partial charge in [0.15, 0.2) is 0 Å². The van der Waals surface area contributed by atoms with E-state index in [1.165, 1.54) is 67.5 Å². The van der Waals surface area contributed by atoms with Gasteiger partial charge in [0.05, 0.1) is 0 Å². The molecule has 1 heteroatoms. The first-order valence-electron chi connectivity index (χ1n) is 22.4. The van der Waals surface area contributed by atoms with Gasteiger partial charge in [-0.1, -0.05) is 243 Å². The van der Waals surface area contributed by atoms with Gasteiger partial charge in [-0.3, -0.25) is 0 Å². The minimum atomic E-state index is -1.24. The van der Waals surface area contributed by atoms with Crippen molar-refractivity contribution in [2.45, 2.75) is 49.4 Å².